The lowest BCUT2D eigenvalue weighted by Crippen LogP contribution is -2.07. The van der Waals surface area contributed by atoms with Crippen molar-refractivity contribution in [1.29, 1.82) is 5.26 Å². The molecule has 0 bridgehead atoms. The predicted octanol–water partition coefficient (Wildman–Crippen LogP) is 6.40. The number of pyridine rings is 1. The highest BCUT2D eigenvalue weighted by Gasteiger charge is 2.18. The van der Waals surface area contributed by atoms with Crippen LogP contribution in [0.4, 0.5) is 0 Å². The Labute approximate surface area is 179 Å². The van der Waals surface area contributed by atoms with Gasteiger partial charge < -0.3 is 0 Å². The first-order chi connectivity index (χ1) is 14.0. The summed E-state index contributed by atoms with van der Waals surface area (Å²) < 4.78 is 1.72. The van der Waals surface area contributed by atoms with Crippen LogP contribution in [0.5, 0.6) is 0 Å². The standard InChI is InChI=1S/C23H16Cl2N4/c1-14-11-15(2)29(28-14)23-21(13-26)20(16-3-7-18(24)8-4-16)12-22(27-23)17-5-9-19(25)10-6-17/h3-12H,1-2H3. The van der Waals surface area contributed by atoms with Gasteiger partial charge in [-0.05, 0) is 55.8 Å². The minimum Gasteiger partial charge on any atom is -0.227 e. The molecule has 0 saturated heterocycles. The molecular formula is C23H16Cl2N4. The van der Waals surface area contributed by atoms with Crippen LogP contribution in [-0.4, -0.2) is 14.8 Å². The van der Waals surface area contributed by atoms with Crippen LogP contribution < -0.4 is 0 Å². The smallest absolute Gasteiger partial charge is 0.172 e. The van der Waals surface area contributed by atoms with Gasteiger partial charge in [0.25, 0.3) is 0 Å². The van der Waals surface area contributed by atoms with Gasteiger partial charge in [-0.15, -0.1) is 0 Å². The molecule has 4 rings (SSSR count). The zero-order valence-electron chi connectivity index (χ0n) is 15.8. The van der Waals surface area contributed by atoms with E-state index in [1.165, 1.54) is 0 Å². The molecule has 0 saturated carbocycles. The molecule has 0 aliphatic heterocycles. The van der Waals surface area contributed by atoms with Gasteiger partial charge in [0.15, 0.2) is 5.82 Å². The number of benzene rings is 2. The van der Waals surface area contributed by atoms with Gasteiger partial charge in [-0.2, -0.15) is 10.4 Å². The summed E-state index contributed by atoms with van der Waals surface area (Å²) in [5, 5.41) is 15.8. The molecule has 2 heterocycles. The molecule has 0 N–H and O–H groups in total. The third-order valence-corrected chi connectivity index (χ3v) is 5.12. The van der Waals surface area contributed by atoms with Crippen molar-refractivity contribution in [2.24, 2.45) is 0 Å². The van der Waals surface area contributed by atoms with Crippen molar-refractivity contribution in [3.8, 4) is 34.3 Å². The molecule has 0 radical (unpaired) electrons. The van der Waals surface area contributed by atoms with E-state index in [2.05, 4.69) is 11.2 Å². The molecule has 0 aliphatic carbocycles. The number of rotatable bonds is 3. The maximum Gasteiger partial charge on any atom is 0.172 e. The summed E-state index contributed by atoms with van der Waals surface area (Å²) in [4.78, 5) is 4.80. The third kappa shape index (κ3) is 3.75. The van der Waals surface area contributed by atoms with Crippen molar-refractivity contribution in [2.45, 2.75) is 13.8 Å². The molecule has 0 amide bonds. The van der Waals surface area contributed by atoms with E-state index in [1.807, 2.05) is 74.5 Å². The number of halogens is 2. The highest BCUT2D eigenvalue weighted by molar-refractivity contribution is 6.30. The molecule has 0 atom stereocenters. The number of hydrogen-bond donors (Lipinski definition) is 0. The molecule has 0 fully saturated rings. The lowest BCUT2D eigenvalue weighted by Gasteiger charge is -2.14. The van der Waals surface area contributed by atoms with Crippen LogP contribution in [0.2, 0.25) is 10.0 Å². The van der Waals surface area contributed by atoms with Crippen LogP contribution in [0.3, 0.4) is 0 Å². The second kappa shape index (κ2) is 7.71. The van der Waals surface area contributed by atoms with Crippen molar-refractivity contribution in [3.63, 3.8) is 0 Å². The van der Waals surface area contributed by atoms with Crippen LogP contribution in [0, 0.1) is 25.2 Å². The van der Waals surface area contributed by atoms with Gasteiger partial charge in [0.05, 0.1) is 11.4 Å². The summed E-state index contributed by atoms with van der Waals surface area (Å²) >= 11 is 12.1. The molecule has 4 aromatic rings. The Kier molecular flexibility index (Phi) is 5.10. The summed E-state index contributed by atoms with van der Waals surface area (Å²) in [7, 11) is 0. The normalized spacial score (nSPS) is 10.7. The van der Waals surface area contributed by atoms with Crippen LogP contribution in [0.25, 0.3) is 28.2 Å². The zero-order chi connectivity index (χ0) is 20.5. The second-order valence-corrected chi connectivity index (χ2v) is 7.59. The van der Waals surface area contributed by atoms with Gasteiger partial charge in [-0.25, -0.2) is 9.67 Å². The van der Waals surface area contributed by atoms with Gasteiger partial charge >= 0.3 is 0 Å². The Hall–Kier alpha value is -3.13. The van der Waals surface area contributed by atoms with Crippen LogP contribution >= 0.6 is 23.2 Å². The monoisotopic (exact) mass is 418 g/mol. The lowest BCUT2D eigenvalue weighted by atomic mass is 9.98. The Bertz CT molecular complexity index is 1230. The van der Waals surface area contributed by atoms with Crippen LogP contribution in [0.15, 0.2) is 60.7 Å². The first-order valence-electron chi connectivity index (χ1n) is 8.97. The number of nitriles is 1. The molecule has 0 spiro atoms. The van der Waals surface area contributed by atoms with E-state index in [0.29, 0.717) is 21.4 Å². The number of hydrogen-bond acceptors (Lipinski definition) is 3. The number of aryl methyl sites for hydroxylation is 2. The van der Waals surface area contributed by atoms with Gasteiger partial charge in [0.1, 0.15) is 11.6 Å². The van der Waals surface area contributed by atoms with E-state index in [9.17, 15) is 5.26 Å². The maximum atomic E-state index is 10.00. The third-order valence-electron chi connectivity index (χ3n) is 4.62. The maximum absolute atomic E-state index is 10.00. The summed E-state index contributed by atoms with van der Waals surface area (Å²) in [6.45, 7) is 3.86. The lowest BCUT2D eigenvalue weighted by molar-refractivity contribution is 0.805. The summed E-state index contributed by atoms with van der Waals surface area (Å²) in [6, 6.07) is 21.1. The highest BCUT2D eigenvalue weighted by atomic mass is 35.5. The fourth-order valence-corrected chi connectivity index (χ4v) is 3.52. The van der Waals surface area contributed by atoms with Gasteiger partial charge in [-0.3, -0.25) is 0 Å². The van der Waals surface area contributed by atoms with E-state index in [1.54, 1.807) is 4.68 Å². The minimum atomic E-state index is 0.455. The molecule has 6 heteroatoms. The fraction of sp³-hybridized carbons (Fsp3) is 0.0870. The van der Waals surface area contributed by atoms with E-state index >= 15 is 0 Å². The van der Waals surface area contributed by atoms with Gasteiger partial charge in [-0.1, -0.05) is 47.5 Å². The number of aromatic nitrogens is 3. The molecular weight excluding hydrogens is 403 g/mol. The summed E-state index contributed by atoms with van der Waals surface area (Å²) in [6.07, 6.45) is 0. The number of nitrogens with zero attached hydrogens (tertiary/aromatic N) is 4. The molecule has 0 aliphatic rings. The topological polar surface area (TPSA) is 54.5 Å². The van der Waals surface area contributed by atoms with Gasteiger partial charge in [0, 0.05) is 26.9 Å². The van der Waals surface area contributed by atoms with E-state index in [4.69, 9.17) is 28.2 Å². The molecule has 2 aromatic carbocycles. The molecule has 2 aromatic heterocycles. The van der Waals surface area contributed by atoms with Crippen molar-refractivity contribution in [3.05, 3.63) is 87.7 Å². The molecule has 0 unspecified atom stereocenters. The first-order valence-corrected chi connectivity index (χ1v) is 9.72. The first kappa shape index (κ1) is 19.2. The van der Waals surface area contributed by atoms with Crippen molar-refractivity contribution in [2.75, 3.05) is 0 Å². The quantitative estimate of drug-likeness (QED) is 0.386. The van der Waals surface area contributed by atoms with Crippen LogP contribution in [0.1, 0.15) is 17.0 Å². The van der Waals surface area contributed by atoms with Gasteiger partial charge in [0.2, 0.25) is 0 Å². The highest BCUT2D eigenvalue weighted by Crippen LogP contribution is 2.33. The fourth-order valence-electron chi connectivity index (χ4n) is 3.26. The zero-order valence-corrected chi connectivity index (χ0v) is 17.3. The Balaban J connectivity index is 2.03. The predicted molar refractivity (Wildman–Crippen MR) is 116 cm³/mol. The molecule has 142 valence electrons. The summed E-state index contributed by atoms with van der Waals surface area (Å²) in [5.41, 5.74) is 5.50. The second-order valence-electron chi connectivity index (χ2n) is 6.72. The van der Waals surface area contributed by atoms with Crippen molar-refractivity contribution >= 4 is 23.2 Å². The molecule has 4 nitrogen and oxygen atoms in total. The van der Waals surface area contributed by atoms with E-state index < -0.39 is 0 Å². The SMILES string of the molecule is Cc1cc(C)n(-c2nc(-c3ccc(Cl)cc3)cc(-c3ccc(Cl)cc3)c2C#N)n1. The molecule has 29 heavy (non-hydrogen) atoms. The van der Waals surface area contributed by atoms with E-state index in [-0.39, 0.29) is 0 Å². The van der Waals surface area contributed by atoms with Crippen LogP contribution in [-0.2, 0) is 0 Å². The average Bonchev–Trinajstić information content (AvgIpc) is 3.06. The minimum absolute atomic E-state index is 0.455. The summed E-state index contributed by atoms with van der Waals surface area (Å²) in [5.74, 6) is 0.496. The van der Waals surface area contributed by atoms with Crippen molar-refractivity contribution in [1.82, 2.24) is 14.8 Å². The Morgan fingerprint density at radius 2 is 1.45 bits per heavy atom. The van der Waals surface area contributed by atoms with E-state index in [0.717, 1.165) is 33.8 Å². The average molecular weight is 419 g/mol. The Morgan fingerprint density at radius 1 is 0.862 bits per heavy atom. The largest absolute Gasteiger partial charge is 0.227 e. The Morgan fingerprint density at radius 3 is 1.97 bits per heavy atom. The van der Waals surface area contributed by atoms with Crippen molar-refractivity contribution < 1.29 is 0 Å².